The molecule has 5 nitrogen and oxygen atoms in total. The van der Waals surface area contributed by atoms with E-state index in [-0.39, 0.29) is 23.9 Å². The van der Waals surface area contributed by atoms with Crippen LogP contribution in [0.1, 0.15) is 56.4 Å². The van der Waals surface area contributed by atoms with Gasteiger partial charge in [-0.2, -0.15) is 0 Å². The van der Waals surface area contributed by atoms with Crippen molar-refractivity contribution in [2.75, 3.05) is 0 Å². The maximum atomic E-state index is 13.0. The van der Waals surface area contributed by atoms with Crippen molar-refractivity contribution in [1.82, 2.24) is 15.2 Å². The van der Waals surface area contributed by atoms with Gasteiger partial charge < -0.3 is 5.32 Å². The second kappa shape index (κ2) is 6.50. The zero-order valence-electron chi connectivity index (χ0n) is 15.9. The Bertz CT molecular complexity index is 835. The number of thiazole rings is 1. The molecular formula is C20H25N3O2S. The Kier molecular flexibility index (Phi) is 4.65. The first-order chi connectivity index (χ1) is 12.1. The topological polar surface area (TPSA) is 62.3 Å². The lowest BCUT2D eigenvalue weighted by Crippen LogP contribution is -2.40. The Morgan fingerprint density at radius 3 is 2.38 bits per heavy atom. The number of benzene rings is 1. The number of amides is 3. The van der Waals surface area contributed by atoms with E-state index in [1.165, 1.54) is 10.5 Å². The van der Waals surface area contributed by atoms with E-state index in [0.29, 0.717) is 0 Å². The molecule has 1 fully saturated rings. The number of nitrogens with one attached hydrogen (secondary N) is 1. The Morgan fingerprint density at radius 1 is 1.19 bits per heavy atom. The lowest BCUT2D eigenvalue weighted by atomic mass is 9.84. The van der Waals surface area contributed by atoms with Gasteiger partial charge in [0, 0.05) is 5.38 Å². The number of rotatable bonds is 4. The number of aryl methyl sites for hydroxylation is 1. The Morgan fingerprint density at radius 2 is 1.85 bits per heavy atom. The average molecular weight is 372 g/mol. The largest absolute Gasteiger partial charge is 0.325 e. The van der Waals surface area contributed by atoms with E-state index in [4.69, 9.17) is 0 Å². The number of hydrogen-bond donors (Lipinski definition) is 1. The number of urea groups is 1. The normalized spacial score (nSPS) is 20.6. The smallest absolute Gasteiger partial charge is 0.319 e. The summed E-state index contributed by atoms with van der Waals surface area (Å²) < 4.78 is 0. The molecule has 1 aliphatic rings. The molecule has 138 valence electrons. The van der Waals surface area contributed by atoms with Gasteiger partial charge in [0.05, 0.1) is 17.2 Å². The molecule has 1 atom stereocenters. The van der Waals surface area contributed by atoms with Crippen molar-refractivity contribution in [2.45, 2.75) is 58.5 Å². The van der Waals surface area contributed by atoms with Gasteiger partial charge in [-0.3, -0.25) is 9.69 Å². The Hall–Kier alpha value is -2.21. The molecule has 6 heteroatoms. The molecule has 0 aliphatic carbocycles. The molecule has 1 saturated heterocycles. The molecule has 26 heavy (non-hydrogen) atoms. The van der Waals surface area contributed by atoms with Crippen molar-refractivity contribution < 1.29 is 9.59 Å². The van der Waals surface area contributed by atoms with Crippen LogP contribution in [0.2, 0.25) is 0 Å². The van der Waals surface area contributed by atoms with Gasteiger partial charge in [-0.05, 0) is 29.9 Å². The van der Waals surface area contributed by atoms with Crippen LogP contribution in [0.15, 0.2) is 29.6 Å². The maximum absolute atomic E-state index is 13.0. The molecule has 0 unspecified atom stereocenters. The first-order valence-electron chi connectivity index (χ1n) is 8.83. The second-order valence-electron chi connectivity index (χ2n) is 7.86. The second-order valence-corrected chi connectivity index (χ2v) is 8.80. The molecule has 0 radical (unpaired) electrons. The van der Waals surface area contributed by atoms with E-state index in [2.05, 4.69) is 31.1 Å². The standard InChI is InChI=1S/C20H25N3O2S/c1-6-16-21-15(12-26-16)11-23-17(24)20(5,22-18(23)25)14-9-7-13(8-10-14)19(2,3)4/h7-10,12H,6,11H2,1-5H3,(H,22,25)/t20-/m1/s1. The molecule has 0 spiro atoms. The summed E-state index contributed by atoms with van der Waals surface area (Å²) in [5, 5.41) is 5.78. The molecule has 1 aliphatic heterocycles. The summed E-state index contributed by atoms with van der Waals surface area (Å²) in [7, 11) is 0. The number of carbonyl (C=O) groups is 2. The monoisotopic (exact) mass is 371 g/mol. The van der Waals surface area contributed by atoms with Crippen LogP contribution < -0.4 is 5.32 Å². The van der Waals surface area contributed by atoms with Crippen LogP contribution in [0.3, 0.4) is 0 Å². The first kappa shape index (κ1) is 18.6. The third kappa shape index (κ3) is 3.26. The lowest BCUT2D eigenvalue weighted by Gasteiger charge is -2.24. The molecule has 1 N–H and O–H groups in total. The van der Waals surface area contributed by atoms with Crippen molar-refractivity contribution in [3.8, 4) is 0 Å². The highest BCUT2D eigenvalue weighted by molar-refractivity contribution is 7.09. The van der Waals surface area contributed by atoms with Crippen molar-refractivity contribution in [2.24, 2.45) is 0 Å². The highest BCUT2D eigenvalue weighted by atomic mass is 32.1. The fourth-order valence-electron chi connectivity index (χ4n) is 3.09. The van der Waals surface area contributed by atoms with Gasteiger partial charge in [-0.15, -0.1) is 11.3 Å². The van der Waals surface area contributed by atoms with Gasteiger partial charge in [0.15, 0.2) is 0 Å². The van der Waals surface area contributed by atoms with E-state index >= 15 is 0 Å². The molecule has 2 heterocycles. The van der Waals surface area contributed by atoms with Gasteiger partial charge in [-0.1, -0.05) is 52.0 Å². The SMILES string of the molecule is CCc1nc(CN2C(=O)N[C@](C)(c3ccc(C(C)(C)C)cc3)C2=O)cs1. The zero-order valence-corrected chi connectivity index (χ0v) is 16.7. The van der Waals surface area contributed by atoms with Crippen LogP contribution in [0, 0.1) is 0 Å². The lowest BCUT2D eigenvalue weighted by molar-refractivity contribution is -0.131. The maximum Gasteiger partial charge on any atom is 0.325 e. The number of hydrogen-bond acceptors (Lipinski definition) is 4. The predicted octanol–water partition coefficient (Wildman–Crippen LogP) is 3.97. The van der Waals surface area contributed by atoms with E-state index in [1.807, 2.05) is 36.6 Å². The minimum absolute atomic E-state index is 0.0377. The van der Waals surface area contributed by atoms with E-state index in [1.54, 1.807) is 18.3 Å². The quantitative estimate of drug-likeness (QED) is 0.827. The summed E-state index contributed by atoms with van der Waals surface area (Å²) in [6.45, 7) is 10.4. The van der Waals surface area contributed by atoms with Crippen LogP contribution in [-0.2, 0) is 28.7 Å². The number of aromatic nitrogens is 1. The molecule has 3 rings (SSSR count). The number of carbonyl (C=O) groups excluding carboxylic acids is 2. The minimum atomic E-state index is -1.04. The van der Waals surface area contributed by atoms with Gasteiger partial charge in [0.1, 0.15) is 5.54 Å². The van der Waals surface area contributed by atoms with Crippen LogP contribution in [0.5, 0.6) is 0 Å². The van der Waals surface area contributed by atoms with Gasteiger partial charge in [0.2, 0.25) is 0 Å². The van der Waals surface area contributed by atoms with Crippen LogP contribution in [0.4, 0.5) is 4.79 Å². The van der Waals surface area contributed by atoms with Crippen molar-refractivity contribution >= 4 is 23.3 Å². The average Bonchev–Trinajstić information content (AvgIpc) is 3.13. The summed E-state index contributed by atoms with van der Waals surface area (Å²) in [6.07, 6.45) is 0.850. The molecule has 0 bridgehead atoms. The molecule has 0 saturated carbocycles. The number of nitrogens with zero attached hydrogens (tertiary/aromatic N) is 2. The van der Waals surface area contributed by atoms with Gasteiger partial charge in [0.25, 0.3) is 5.91 Å². The summed E-state index contributed by atoms with van der Waals surface area (Å²) in [4.78, 5) is 31.2. The molecule has 3 amide bonds. The highest BCUT2D eigenvalue weighted by Gasteiger charge is 2.49. The number of imide groups is 1. The van der Waals surface area contributed by atoms with E-state index in [0.717, 1.165) is 22.7 Å². The van der Waals surface area contributed by atoms with Crippen molar-refractivity contribution in [3.63, 3.8) is 0 Å². The summed E-state index contributed by atoms with van der Waals surface area (Å²) >= 11 is 1.55. The Balaban J connectivity index is 1.84. The van der Waals surface area contributed by atoms with Crippen LogP contribution in [0.25, 0.3) is 0 Å². The predicted molar refractivity (Wildman–Crippen MR) is 103 cm³/mol. The fourth-order valence-corrected chi connectivity index (χ4v) is 3.82. The van der Waals surface area contributed by atoms with Crippen molar-refractivity contribution in [3.05, 3.63) is 51.5 Å². The van der Waals surface area contributed by atoms with Crippen LogP contribution in [-0.4, -0.2) is 21.8 Å². The van der Waals surface area contributed by atoms with Gasteiger partial charge >= 0.3 is 6.03 Å². The molecule has 1 aromatic heterocycles. The summed E-state index contributed by atoms with van der Waals surface area (Å²) in [6, 6.07) is 7.54. The molecule has 1 aromatic carbocycles. The Labute approximate surface area is 158 Å². The zero-order chi connectivity index (χ0) is 19.1. The van der Waals surface area contributed by atoms with Gasteiger partial charge in [-0.25, -0.2) is 9.78 Å². The third-order valence-corrected chi connectivity index (χ3v) is 5.87. The highest BCUT2D eigenvalue weighted by Crippen LogP contribution is 2.32. The molecule has 2 aromatic rings. The fraction of sp³-hybridized carbons (Fsp3) is 0.450. The minimum Gasteiger partial charge on any atom is -0.319 e. The van der Waals surface area contributed by atoms with Crippen molar-refractivity contribution in [1.29, 1.82) is 0 Å². The summed E-state index contributed by atoms with van der Waals surface area (Å²) in [5.74, 6) is -0.239. The summed E-state index contributed by atoms with van der Waals surface area (Å²) in [5.41, 5.74) is 1.72. The van der Waals surface area contributed by atoms with Crippen LogP contribution >= 0.6 is 11.3 Å². The van der Waals surface area contributed by atoms with E-state index < -0.39 is 5.54 Å². The van der Waals surface area contributed by atoms with E-state index in [9.17, 15) is 9.59 Å². The molecular weight excluding hydrogens is 346 g/mol. The third-order valence-electron chi connectivity index (χ3n) is 4.83. The first-order valence-corrected chi connectivity index (χ1v) is 9.71.